The van der Waals surface area contributed by atoms with Gasteiger partial charge in [-0.1, -0.05) is 0 Å². The Morgan fingerprint density at radius 2 is 2.22 bits per heavy atom. The largest absolute Gasteiger partial charge is 0.481 e. The van der Waals surface area contributed by atoms with Gasteiger partial charge >= 0.3 is 5.97 Å². The minimum absolute atomic E-state index is 0.0413. The molecule has 0 aromatic heterocycles. The molecule has 9 heavy (non-hydrogen) atoms. The molecule has 0 aliphatic rings. The minimum atomic E-state index is -0.777. The molecule has 1 radical (unpaired) electrons. The fourth-order valence-corrected chi connectivity index (χ4v) is 0.489. The zero-order chi connectivity index (χ0) is 7.11. The van der Waals surface area contributed by atoms with Crippen molar-refractivity contribution in [1.29, 1.82) is 0 Å². The highest BCUT2D eigenvalue weighted by atomic mass is 16.4. The van der Waals surface area contributed by atoms with E-state index in [4.69, 9.17) is 10.2 Å². The summed E-state index contributed by atoms with van der Waals surface area (Å²) in [5.74, 6) is -0.777. The maximum Gasteiger partial charge on any atom is 0.303 e. The van der Waals surface area contributed by atoms with Crippen LogP contribution in [0.4, 0.5) is 0 Å². The summed E-state index contributed by atoms with van der Waals surface area (Å²) in [6.45, 7) is 0.0413. The van der Waals surface area contributed by atoms with E-state index in [0.717, 1.165) is 0 Å². The maximum absolute atomic E-state index is 9.89. The third kappa shape index (κ3) is 7.43. The number of carbonyl (C=O) groups is 1. The van der Waals surface area contributed by atoms with Crippen molar-refractivity contribution in [2.24, 2.45) is 0 Å². The first-order chi connectivity index (χ1) is 4.27. The summed E-state index contributed by atoms with van der Waals surface area (Å²) in [5.41, 5.74) is 0. The molecular formula is C6H11O3. The smallest absolute Gasteiger partial charge is 0.303 e. The summed E-state index contributed by atoms with van der Waals surface area (Å²) >= 11 is 0. The third-order valence-corrected chi connectivity index (χ3v) is 0.928. The van der Waals surface area contributed by atoms with Crippen LogP contribution >= 0.6 is 0 Å². The number of aliphatic carboxylic acids is 1. The highest BCUT2D eigenvalue weighted by Crippen LogP contribution is 1.96. The van der Waals surface area contributed by atoms with Crippen LogP contribution in [-0.2, 0) is 4.79 Å². The molecule has 0 aliphatic carbocycles. The van der Waals surface area contributed by atoms with Gasteiger partial charge in [0.2, 0.25) is 0 Å². The molecule has 3 nitrogen and oxygen atoms in total. The quantitative estimate of drug-likeness (QED) is 0.532. The third-order valence-electron chi connectivity index (χ3n) is 0.928. The fraction of sp³-hybridized carbons (Fsp3) is 0.667. The van der Waals surface area contributed by atoms with Crippen LogP contribution in [0, 0.1) is 6.42 Å². The van der Waals surface area contributed by atoms with Crippen LogP contribution in [0.3, 0.4) is 0 Å². The number of carboxylic acid groups (broad SMARTS) is 1. The summed E-state index contributed by atoms with van der Waals surface area (Å²) in [6.07, 6.45) is 3.15. The van der Waals surface area contributed by atoms with Gasteiger partial charge in [0.25, 0.3) is 0 Å². The first-order valence-corrected chi connectivity index (χ1v) is 2.91. The Bertz CT molecular complexity index is 80.4. The lowest BCUT2D eigenvalue weighted by molar-refractivity contribution is -0.137. The van der Waals surface area contributed by atoms with E-state index in [9.17, 15) is 4.79 Å². The van der Waals surface area contributed by atoms with E-state index in [1.807, 2.05) is 0 Å². The fourth-order valence-electron chi connectivity index (χ4n) is 0.489. The van der Waals surface area contributed by atoms with Crippen molar-refractivity contribution in [2.45, 2.75) is 19.3 Å². The number of hydrogen-bond donors (Lipinski definition) is 2. The van der Waals surface area contributed by atoms with Crippen LogP contribution in [0.15, 0.2) is 0 Å². The molecule has 0 saturated carbocycles. The van der Waals surface area contributed by atoms with Gasteiger partial charge in [0.05, 0.1) is 0 Å². The number of aliphatic hydroxyl groups excluding tert-OH is 1. The summed E-state index contributed by atoms with van der Waals surface area (Å²) < 4.78 is 0. The Balaban J connectivity index is 2.83. The van der Waals surface area contributed by atoms with Crippen molar-refractivity contribution >= 4 is 5.97 Å². The van der Waals surface area contributed by atoms with Crippen molar-refractivity contribution in [3.63, 3.8) is 0 Å². The van der Waals surface area contributed by atoms with E-state index in [1.54, 1.807) is 6.42 Å². The van der Waals surface area contributed by atoms with Crippen LogP contribution < -0.4 is 0 Å². The Morgan fingerprint density at radius 1 is 1.56 bits per heavy atom. The average Bonchev–Trinajstić information content (AvgIpc) is 1.80. The Kier molecular flexibility index (Phi) is 5.21. The van der Waals surface area contributed by atoms with Gasteiger partial charge < -0.3 is 10.2 Å². The van der Waals surface area contributed by atoms with Gasteiger partial charge in [0.15, 0.2) is 0 Å². The molecule has 3 heteroatoms. The molecule has 0 aliphatic heterocycles. The number of carboxylic acids is 1. The molecule has 0 bridgehead atoms. The normalized spacial score (nSPS) is 9.44. The highest BCUT2D eigenvalue weighted by Gasteiger charge is 1.94. The molecule has 2 N–H and O–H groups in total. The topological polar surface area (TPSA) is 57.5 Å². The van der Waals surface area contributed by atoms with Crippen molar-refractivity contribution < 1.29 is 15.0 Å². The lowest BCUT2D eigenvalue weighted by Gasteiger charge is -1.92. The molecule has 0 heterocycles. The van der Waals surface area contributed by atoms with Crippen molar-refractivity contribution in [3.05, 3.63) is 6.42 Å². The lowest BCUT2D eigenvalue weighted by Crippen LogP contribution is -1.94. The van der Waals surface area contributed by atoms with Crippen LogP contribution in [0.25, 0.3) is 0 Å². The predicted octanol–water partition coefficient (Wildman–Crippen LogP) is 0.438. The van der Waals surface area contributed by atoms with Gasteiger partial charge in [-0.3, -0.25) is 4.79 Å². The molecule has 0 aromatic rings. The molecule has 0 spiro atoms. The van der Waals surface area contributed by atoms with E-state index in [0.29, 0.717) is 12.8 Å². The van der Waals surface area contributed by atoms with Gasteiger partial charge in [0.1, 0.15) is 0 Å². The van der Waals surface area contributed by atoms with Gasteiger partial charge in [0, 0.05) is 13.0 Å². The SMILES string of the molecule is O=C(O)CCC[CH]CO. The number of rotatable bonds is 5. The molecule has 0 saturated heterocycles. The van der Waals surface area contributed by atoms with Crippen LogP contribution in [0.2, 0.25) is 0 Å². The Morgan fingerprint density at radius 3 is 2.67 bits per heavy atom. The lowest BCUT2D eigenvalue weighted by atomic mass is 10.2. The second-order valence-corrected chi connectivity index (χ2v) is 1.76. The molecule has 0 unspecified atom stereocenters. The minimum Gasteiger partial charge on any atom is -0.481 e. The average molecular weight is 131 g/mol. The molecular weight excluding hydrogens is 120 g/mol. The standard InChI is InChI=1S/C6H11O3/c7-5-3-1-2-4-6(8)9/h3,7H,1-2,4-5H2,(H,8,9). The number of hydrogen-bond acceptors (Lipinski definition) is 2. The van der Waals surface area contributed by atoms with Crippen molar-refractivity contribution in [1.82, 2.24) is 0 Å². The Labute approximate surface area is 54.3 Å². The van der Waals surface area contributed by atoms with E-state index >= 15 is 0 Å². The zero-order valence-electron chi connectivity index (χ0n) is 5.21. The molecule has 0 atom stereocenters. The van der Waals surface area contributed by atoms with Crippen LogP contribution in [-0.4, -0.2) is 22.8 Å². The Hall–Kier alpha value is -0.570. The second kappa shape index (κ2) is 5.56. The summed E-state index contributed by atoms with van der Waals surface area (Å²) in [4.78, 5) is 9.89. The van der Waals surface area contributed by atoms with Gasteiger partial charge in [-0.2, -0.15) is 0 Å². The maximum atomic E-state index is 9.89. The first kappa shape index (κ1) is 8.43. The van der Waals surface area contributed by atoms with Gasteiger partial charge in [-0.25, -0.2) is 0 Å². The summed E-state index contributed by atoms with van der Waals surface area (Å²) in [5, 5.41) is 16.4. The van der Waals surface area contributed by atoms with Crippen molar-refractivity contribution in [2.75, 3.05) is 6.61 Å². The zero-order valence-corrected chi connectivity index (χ0v) is 5.21. The van der Waals surface area contributed by atoms with Gasteiger partial charge in [-0.15, -0.1) is 0 Å². The molecule has 0 fully saturated rings. The molecule has 0 amide bonds. The monoisotopic (exact) mass is 131 g/mol. The van der Waals surface area contributed by atoms with E-state index in [-0.39, 0.29) is 13.0 Å². The molecule has 0 rings (SSSR count). The highest BCUT2D eigenvalue weighted by molar-refractivity contribution is 5.66. The predicted molar refractivity (Wildman–Crippen MR) is 32.9 cm³/mol. The number of aliphatic hydroxyl groups is 1. The summed E-state index contributed by atoms with van der Waals surface area (Å²) in [6, 6.07) is 0. The second-order valence-electron chi connectivity index (χ2n) is 1.76. The van der Waals surface area contributed by atoms with Crippen molar-refractivity contribution in [3.8, 4) is 0 Å². The van der Waals surface area contributed by atoms with Gasteiger partial charge in [-0.05, 0) is 19.3 Å². The van der Waals surface area contributed by atoms with E-state index < -0.39 is 5.97 Å². The van der Waals surface area contributed by atoms with Crippen LogP contribution in [0.5, 0.6) is 0 Å². The van der Waals surface area contributed by atoms with E-state index in [2.05, 4.69) is 0 Å². The molecule has 0 aromatic carbocycles. The van der Waals surface area contributed by atoms with Crippen LogP contribution in [0.1, 0.15) is 19.3 Å². The van der Waals surface area contributed by atoms with E-state index in [1.165, 1.54) is 0 Å². The summed E-state index contributed by atoms with van der Waals surface area (Å²) in [7, 11) is 0. The first-order valence-electron chi connectivity index (χ1n) is 2.91. The number of unbranched alkanes of at least 4 members (excludes halogenated alkanes) is 2. The molecule has 53 valence electrons.